The Hall–Kier alpha value is -2.94. The molecule has 5 unspecified atom stereocenters. The number of aliphatic carboxylic acids is 1. The molecule has 2 aliphatic rings. The maximum Gasteiger partial charge on any atom is 0.327 e. The molecular formula is C23H23ClN2O6. The molecule has 168 valence electrons. The maximum atomic E-state index is 13.6. The Balaban J connectivity index is 1.91. The Morgan fingerprint density at radius 2 is 1.91 bits per heavy atom. The largest absolute Gasteiger partial charge is 0.496 e. The fourth-order valence-electron chi connectivity index (χ4n) is 4.87. The zero-order valence-corrected chi connectivity index (χ0v) is 18.5. The Kier molecular flexibility index (Phi) is 5.48. The van der Waals surface area contributed by atoms with E-state index in [1.165, 1.54) is 20.1 Å². The summed E-state index contributed by atoms with van der Waals surface area (Å²) < 4.78 is 5.42. The fraction of sp³-hybridized carbons (Fsp3) is 0.348. The van der Waals surface area contributed by atoms with Gasteiger partial charge in [-0.3, -0.25) is 19.7 Å². The minimum atomic E-state index is -2.06. The van der Waals surface area contributed by atoms with Crippen molar-refractivity contribution in [2.45, 2.75) is 31.5 Å². The predicted molar refractivity (Wildman–Crippen MR) is 117 cm³/mol. The molecule has 0 aliphatic carbocycles. The van der Waals surface area contributed by atoms with Crippen molar-refractivity contribution in [3.63, 3.8) is 0 Å². The summed E-state index contributed by atoms with van der Waals surface area (Å²) in [5.41, 5.74) is -0.508. The number of nitrogens with zero attached hydrogens (tertiary/aromatic N) is 1. The van der Waals surface area contributed by atoms with Gasteiger partial charge in [-0.25, -0.2) is 4.90 Å². The summed E-state index contributed by atoms with van der Waals surface area (Å²) in [7, 11) is 1.46. The van der Waals surface area contributed by atoms with Crippen LogP contribution in [0.25, 0.3) is 0 Å². The van der Waals surface area contributed by atoms with Crippen molar-refractivity contribution >= 4 is 35.1 Å². The summed E-state index contributed by atoms with van der Waals surface area (Å²) in [5, 5.41) is 24.0. The van der Waals surface area contributed by atoms with E-state index in [1.807, 2.05) is 0 Å². The van der Waals surface area contributed by atoms with E-state index in [1.54, 1.807) is 43.3 Å². The minimum absolute atomic E-state index is 0.258. The number of halogens is 1. The van der Waals surface area contributed by atoms with Crippen LogP contribution in [0.1, 0.15) is 24.1 Å². The molecule has 2 aromatic rings. The van der Waals surface area contributed by atoms with Crippen molar-refractivity contribution in [3.05, 3.63) is 58.6 Å². The van der Waals surface area contributed by atoms with Crippen LogP contribution >= 0.6 is 11.6 Å². The smallest absolute Gasteiger partial charge is 0.327 e. The van der Waals surface area contributed by atoms with E-state index in [9.17, 15) is 24.6 Å². The molecule has 9 heteroatoms. The molecule has 8 nitrogen and oxygen atoms in total. The van der Waals surface area contributed by atoms with Crippen LogP contribution in [0.4, 0.5) is 5.69 Å². The molecular weight excluding hydrogens is 436 g/mol. The number of hydrogen-bond acceptors (Lipinski definition) is 6. The fourth-order valence-corrected chi connectivity index (χ4v) is 5.04. The third-order valence-electron chi connectivity index (χ3n) is 6.50. The second kappa shape index (κ2) is 7.88. The van der Waals surface area contributed by atoms with Gasteiger partial charge < -0.3 is 14.9 Å². The lowest BCUT2D eigenvalue weighted by atomic mass is 9.76. The van der Waals surface area contributed by atoms with Crippen LogP contribution < -0.4 is 15.0 Å². The Morgan fingerprint density at radius 1 is 1.22 bits per heavy atom. The van der Waals surface area contributed by atoms with Crippen LogP contribution in [0.3, 0.4) is 0 Å². The standard InChI is InChI=1S/C23H23ClN2O6/c1-11-8-9-13(10-15(11)24)26-20(28)17-18(21(26)29)23(12(2)27,22(30)31)25-19(17)14-6-4-5-7-16(14)32-3/h4-10,12,17-19,25,27H,1-3H3,(H,30,31). The molecule has 2 heterocycles. The quantitative estimate of drug-likeness (QED) is 0.589. The lowest BCUT2D eigenvalue weighted by molar-refractivity contribution is -0.154. The number of carboxylic acid groups (broad SMARTS) is 1. The van der Waals surface area contributed by atoms with Gasteiger partial charge in [0.05, 0.1) is 30.7 Å². The van der Waals surface area contributed by atoms with E-state index >= 15 is 0 Å². The highest BCUT2D eigenvalue weighted by molar-refractivity contribution is 6.32. The number of nitrogens with one attached hydrogen (secondary N) is 1. The summed E-state index contributed by atoms with van der Waals surface area (Å²) in [6, 6.07) is 10.8. The van der Waals surface area contributed by atoms with Crippen LogP contribution in [0.15, 0.2) is 42.5 Å². The van der Waals surface area contributed by atoms with Crippen LogP contribution in [0, 0.1) is 18.8 Å². The number of aliphatic hydroxyl groups is 1. The number of anilines is 1. The third-order valence-corrected chi connectivity index (χ3v) is 6.90. The van der Waals surface area contributed by atoms with E-state index in [4.69, 9.17) is 16.3 Å². The van der Waals surface area contributed by atoms with Gasteiger partial charge in [-0.1, -0.05) is 35.9 Å². The number of para-hydroxylation sites is 1. The predicted octanol–water partition coefficient (Wildman–Crippen LogP) is 2.31. The second-order valence-corrected chi connectivity index (χ2v) is 8.57. The number of benzene rings is 2. The number of carbonyl (C=O) groups is 3. The number of aryl methyl sites for hydroxylation is 1. The molecule has 2 aliphatic heterocycles. The van der Waals surface area contributed by atoms with Crippen molar-refractivity contribution in [1.29, 1.82) is 0 Å². The van der Waals surface area contributed by atoms with Crippen LogP contribution in [-0.2, 0) is 14.4 Å². The van der Waals surface area contributed by atoms with Gasteiger partial charge in [0, 0.05) is 16.6 Å². The molecule has 4 rings (SSSR count). The molecule has 32 heavy (non-hydrogen) atoms. The van der Waals surface area contributed by atoms with Gasteiger partial charge in [0.2, 0.25) is 11.8 Å². The van der Waals surface area contributed by atoms with Gasteiger partial charge in [-0.05, 0) is 37.6 Å². The topological polar surface area (TPSA) is 116 Å². The number of carboxylic acids is 1. The second-order valence-electron chi connectivity index (χ2n) is 8.16. The van der Waals surface area contributed by atoms with Gasteiger partial charge in [-0.2, -0.15) is 0 Å². The van der Waals surface area contributed by atoms with Crippen molar-refractivity contribution < 1.29 is 29.3 Å². The zero-order valence-electron chi connectivity index (χ0n) is 17.7. The highest BCUT2D eigenvalue weighted by Crippen LogP contribution is 2.52. The number of amides is 2. The highest BCUT2D eigenvalue weighted by atomic mass is 35.5. The van der Waals surface area contributed by atoms with E-state index in [0.717, 1.165) is 10.5 Å². The highest BCUT2D eigenvalue weighted by Gasteiger charge is 2.70. The summed E-state index contributed by atoms with van der Waals surface area (Å²) in [6.07, 6.45) is -1.47. The average Bonchev–Trinajstić information content (AvgIpc) is 3.25. The first kappa shape index (κ1) is 22.3. The number of hydrogen-bond donors (Lipinski definition) is 3. The molecule has 2 aromatic carbocycles. The molecule has 0 aromatic heterocycles. The van der Waals surface area contributed by atoms with E-state index in [2.05, 4.69) is 5.32 Å². The molecule has 5 atom stereocenters. The summed E-state index contributed by atoms with van der Waals surface area (Å²) >= 11 is 6.22. The Bertz CT molecular complexity index is 1120. The lowest BCUT2D eigenvalue weighted by Crippen LogP contribution is -2.62. The number of carbonyl (C=O) groups excluding carboxylic acids is 2. The van der Waals surface area contributed by atoms with Gasteiger partial charge >= 0.3 is 5.97 Å². The van der Waals surface area contributed by atoms with Gasteiger partial charge in [0.1, 0.15) is 5.75 Å². The molecule has 2 saturated heterocycles. The number of rotatable bonds is 5. The van der Waals surface area contributed by atoms with Gasteiger partial charge in [0.15, 0.2) is 5.54 Å². The first-order valence-corrected chi connectivity index (χ1v) is 10.5. The Morgan fingerprint density at radius 3 is 2.50 bits per heavy atom. The summed E-state index contributed by atoms with van der Waals surface area (Å²) in [5.74, 6) is -4.63. The molecule has 2 amide bonds. The Labute approximate surface area is 189 Å². The molecule has 3 N–H and O–H groups in total. The van der Waals surface area contributed by atoms with Gasteiger partial charge in [0.25, 0.3) is 0 Å². The van der Waals surface area contributed by atoms with Crippen LogP contribution in [0.5, 0.6) is 5.75 Å². The maximum absolute atomic E-state index is 13.6. The molecule has 0 spiro atoms. The molecule has 2 fully saturated rings. The van der Waals surface area contributed by atoms with Crippen LogP contribution in [-0.4, -0.2) is 46.7 Å². The van der Waals surface area contributed by atoms with Gasteiger partial charge in [-0.15, -0.1) is 0 Å². The van der Waals surface area contributed by atoms with E-state index < -0.39 is 47.3 Å². The van der Waals surface area contributed by atoms with Crippen LogP contribution in [0.2, 0.25) is 5.02 Å². The molecule has 0 saturated carbocycles. The zero-order chi connectivity index (χ0) is 23.4. The summed E-state index contributed by atoms with van der Waals surface area (Å²) in [6.45, 7) is 3.09. The monoisotopic (exact) mass is 458 g/mol. The number of ether oxygens (including phenoxy) is 1. The SMILES string of the molecule is COc1ccccc1C1NC(C(=O)O)(C(C)O)C2C(=O)N(c3ccc(C)c(Cl)c3)C(=O)C12. The minimum Gasteiger partial charge on any atom is -0.496 e. The average molecular weight is 459 g/mol. The van der Waals surface area contributed by atoms with E-state index in [-0.39, 0.29) is 5.69 Å². The lowest BCUT2D eigenvalue weighted by Gasteiger charge is -2.33. The van der Waals surface area contributed by atoms with Crippen molar-refractivity contribution in [2.24, 2.45) is 11.8 Å². The number of fused-ring (bicyclic) bond motifs is 1. The normalized spacial score (nSPS) is 28.0. The molecule has 0 radical (unpaired) electrons. The first-order chi connectivity index (χ1) is 15.1. The summed E-state index contributed by atoms with van der Waals surface area (Å²) in [4.78, 5) is 40.6. The number of methoxy groups -OCH3 is 1. The van der Waals surface area contributed by atoms with Crippen molar-refractivity contribution in [1.82, 2.24) is 5.32 Å². The van der Waals surface area contributed by atoms with Crippen molar-refractivity contribution in [2.75, 3.05) is 12.0 Å². The number of aliphatic hydroxyl groups excluding tert-OH is 1. The number of imide groups is 1. The van der Waals surface area contributed by atoms with E-state index in [0.29, 0.717) is 16.3 Å². The van der Waals surface area contributed by atoms with Crippen molar-refractivity contribution in [3.8, 4) is 5.75 Å². The first-order valence-electron chi connectivity index (χ1n) is 10.1. The molecule has 0 bridgehead atoms. The third kappa shape index (κ3) is 3.02.